The van der Waals surface area contributed by atoms with Crippen molar-refractivity contribution in [3.63, 3.8) is 0 Å². The molecule has 3 unspecified atom stereocenters. The van der Waals surface area contributed by atoms with Crippen LogP contribution in [-0.2, 0) is 5.16 Å². The first kappa shape index (κ1) is 21.9. The van der Waals surface area contributed by atoms with Gasteiger partial charge in [-0.15, -0.1) is 18.5 Å². The molecule has 0 spiro atoms. The highest BCUT2D eigenvalue weighted by molar-refractivity contribution is 7.19. The fraction of sp³-hybridized carbons (Fsp3) is 0.280. The zero-order valence-electron chi connectivity index (χ0n) is 18.2. The number of rotatable bonds is 5. The highest BCUT2D eigenvalue weighted by Gasteiger charge is 2.48. The van der Waals surface area contributed by atoms with Crippen LogP contribution in [0.25, 0.3) is 5.57 Å². The van der Waals surface area contributed by atoms with E-state index in [4.69, 9.17) is 9.97 Å². The van der Waals surface area contributed by atoms with Crippen LogP contribution in [0.4, 0.5) is 0 Å². The Bertz CT molecular complexity index is 1070. The molecule has 0 fully saturated rings. The number of hydrogen-bond donors (Lipinski definition) is 0. The van der Waals surface area contributed by atoms with Gasteiger partial charge in [-0.2, -0.15) is 0 Å². The third-order valence-corrected chi connectivity index (χ3v) is 7.17. The van der Waals surface area contributed by atoms with Gasteiger partial charge in [0.25, 0.3) is 0 Å². The lowest BCUT2D eigenvalue weighted by atomic mass is 9.68. The van der Waals surface area contributed by atoms with Gasteiger partial charge in [-0.1, -0.05) is 57.2 Å². The van der Waals surface area contributed by atoms with E-state index in [1.807, 2.05) is 12.4 Å². The van der Waals surface area contributed by atoms with E-state index in [2.05, 4.69) is 85.6 Å². The standard InChI is InChI=1S/C25H28N4P2/c1-24(2,3)23-19(17-7-5-4-6-8-17)13-18(16-30)22(23)25(31,20-14-26-9-11-28-20)21-15-27-10-12-29-21/h4-15,23H,16,30-31H2,1-3H3. The van der Waals surface area contributed by atoms with Crippen LogP contribution in [0.15, 0.2) is 84.7 Å². The van der Waals surface area contributed by atoms with Crippen LogP contribution in [0.3, 0.4) is 0 Å². The van der Waals surface area contributed by atoms with E-state index in [0.29, 0.717) is 0 Å². The first-order chi connectivity index (χ1) is 14.9. The lowest BCUT2D eigenvalue weighted by Crippen LogP contribution is -2.35. The summed E-state index contributed by atoms with van der Waals surface area (Å²) in [5.41, 5.74) is 6.84. The summed E-state index contributed by atoms with van der Waals surface area (Å²) in [4.78, 5) is 18.3. The second-order valence-electron chi connectivity index (χ2n) is 8.90. The first-order valence-electron chi connectivity index (χ1n) is 10.4. The van der Waals surface area contributed by atoms with E-state index < -0.39 is 5.16 Å². The SMILES string of the molecule is CC(C)(C)C1C(c2ccccc2)=CC(CP)=C1C(P)(c1cnccn1)c1cnccn1. The summed E-state index contributed by atoms with van der Waals surface area (Å²) < 4.78 is 0. The first-order valence-corrected chi connectivity index (χ1v) is 11.8. The van der Waals surface area contributed by atoms with Crippen LogP contribution in [0.5, 0.6) is 0 Å². The molecule has 4 rings (SSSR count). The minimum Gasteiger partial charge on any atom is -0.261 e. The maximum atomic E-state index is 4.74. The van der Waals surface area contributed by atoms with E-state index in [1.54, 1.807) is 24.8 Å². The summed E-state index contributed by atoms with van der Waals surface area (Å²) in [7, 11) is 5.98. The Morgan fingerprint density at radius 1 is 0.871 bits per heavy atom. The molecule has 3 atom stereocenters. The number of benzene rings is 1. The third kappa shape index (κ3) is 4.00. The van der Waals surface area contributed by atoms with Crippen molar-refractivity contribution in [1.82, 2.24) is 19.9 Å². The van der Waals surface area contributed by atoms with Gasteiger partial charge in [0.1, 0.15) is 0 Å². The van der Waals surface area contributed by atoms with Gasteiger partial charge in [0.05, 0.1) is 28.9 Å². The highest BCUT2D eigenvalue weighted by atomic mass is 31.0. The number of aromatic nitrogens is 4. The molecule has 0 N–H and O–H groups in total. The molecule has 0 radical (unpaired) electrons. The summed E-state index contributed by atoms with van der Waals surface area (Å²) in [6.45, 7) is 6.91. The molecule has 3 aromatic rings. The van der Waals surface area contributed by atoms with Crippen LogP contribution in [0.2, 0.25) is 0 Å². The van der Waals surface area contributed by atoms with Crippen molar-refractivity contribution >= 4 is 24.1 Å². The van der Waals surface area contributed by atoms with E-state index in [0.717, 1.165) is 17.5 Å². The quantitative estimate of drug-likeness (QED) is 0.498. The van der Waals surface area contributed by atoms with E-state index in [9.17, 15) is 0 Å². The van der Waals surface area contributed by atoms with Gasteiger partial charge in [0.2, 0.25) is 0 Å². The van der Waals surface area contributed by atoms with Gasteiger partial charge in [-0.3, -0.25) is 19.9 Å². The normalized spacial score (nSPS) is 17.1. The van der Waals surface area contributed by atoms with Crippen LogP contribution in [0, 0.1) is 11.3 Å². The zero-order chi connectivity index (χ0) is 22.1. The van der Waals surface area contributed by atoms with Gasteiger partial charge < -0.3 is 0 Å². The van der Waals surface area contributed by atoms with Crippen molar-refractivity contribution in [3.8, 4) is 0 Å². The van der Waals surface area contributed by atoms with Crippen molar-refractivity contribution in [2.24, 2.45) is 11.3 Å². The molecule has 2 aromatic heterocycles. The summed E-state index contributed by atoms with van der Waals surface area (Å²) in [5, 5.41) is -0.639. The number of nitrogens with zero attached hydrogens (tertiary/aromatic N) is 4. The lowest BCUT2D eigenvalue weighted by molar-refractivity contribution is 0.329. The van der Waals surface area contributed by atoms with Gasteiger partial charge in [-0.25, -0.2) is 0 Å². The Labute approximate surface area is 189 Å². The van der Waals surface area contributed by atoms with Crippen molar-refractivity contribution in [2.75, 3.05) is 6.16 Å². The van der Waals surface area contributed by atoms with Crippen molar-refractivity contribution in [1.29, 1.82) is 0 Å². The molecule has 6 heteroatoms. The van der Waals surface area contributed by atoms with E-state index in [1.165, 1.54) is 22.3 Å². The molecule has 0 aliphatic heterocycles. The molecule has 0 saturated heterocycles. The third-order valence-electron chi connectivity index (χ3n) is 5.83. The van der Waals surface area contributed by atoms with E-state index >= 15 is 0 Å². The molecular weight excluding hydrogens is 418 g/mol. The number of hydrogen-bond acceptors (Lipinski definition) is 4. The monoisotopic (exact) mass is 446 g/mol. The minimum absolute atomic E-state index is 0.0230. The summed E-state index contributed by atoms with van der Waals surface area (Å²) >= 11 is 0. The maximum absolute atomic E-state index is 4.74. The second-order valence-corrected chi connectivity index (χ2v) is 10.2. The molecule has 1 aliphatic rings. The van der Waals surface area contributed by atoms with Crippen LogP contribution in [0.1, 0.15) is 37.7 Å². The molecule has 0 amide bonds. The van der Waals surface area contributed by atoms with Crippen molar-refractivity contribution in [3.05, 3.63) is 102 Å². The summed E-state index contributed by atoms with van der Waals surface area (Å²) in [6, 6.07) is 10.7. The average Bonchev–Trinajstić information content (AvgIpc) is 3.21. The summed E-state index contributed by atoms with van der Waals surface area (Å²) in [5.74, 6) is 0.173. The smallest absolute Gasteiger partial charge is 0.0936 e. The van der Waals surface area contributed by atoms with Crippen LogP contribution >= 0.6 is 18.5 Å². The lowest BCUT2D eigenvalue weighted by Gasteiger charge is -2.41. The Balaban J connectivity index is 2.00. The van der Waals surface area contributed by atoms with E-state index in [-0.39, 0.29) is 11.3 Å². The molecule has 1 aromatic carbocycles. The Kier molecular flexibility index (Phi) is 6.15. The predicted molar refractivity (Wildman–Crippen MR) is 134 cm³/mol. The Morgan fingerprint density at radius 2 is 1.45 bits per heavy atom. The molecule has 4 nitrogen and oxygen atoms in total. The minimum atomic E-state index is -0.639. The Hall–Kier alpha value is -2.28. The van der Waals surface area contributed by atoms with Crippen molar-refractivity contribution < 1.29 is 0 Å². The number of allylic oxidation sites excluding steroid dienone is 4. The second kappa shape index (κ2) is 8.69. The molecule has 158 valence electrons. The highest BCUT2D eigenvalue weighted by Crippen LogP contribution is 2.58. The van der Waals surface area contributed by atoms with Crippen molar-refractivity contribution in [2.45, 2.75) is 25.9 Å². The zero-order valence-corrected chi connectivity index (χ0v) is 20.5. The largest absolute Gasteiger partial charge is 0.261 e. The molecule has 31 heavy (non-hydrogen) atoms. The topological polar surface area (TPSA) is 51.6 Å². The molecule has 1 aliphatic carbocycles. The Morgan fingerprint density at radius 3 is 1.90 bits per heavy atom. The van der Waals surface area contributed by atoms with Gasteiger partial charge in [0, 0.05) is 30.7 Å². The fourth-order valence-corrected chi connectivity index (χ4v) is 5.52. The average molecular weight is 446 g/mol. The van der Waals surface area contributed by atoms with Crippen LogP contribution in [-0.4, -0.2) is 26.1 Å². The maximum Gasteiger partial charge on any atom is 0.0936 e. The molecular formula is C25H28N4P2. The molecule has 2 heterocycles. The van der Waals surface area contributed by atoms with Gasteiger partial charge >= 0.3 is 0 Å². The van der Waals surface area contributed by atoms with Gasteiger partial charge in [0.15, 0.2) is 0 Å². The van der Waals surface area contributed by atoms with Crippen LogP contribution < -0.4 is 0 Å². The summed E-state index contributed by atoms with van der Waals surface area (Å²) in [6.07, 6.45) is 13.8. The van der Waals surface area contributed by atoms with Gasteiger partial charge in [-0.05, 0) is 33.9 Å². The fourth-order valence-electron chi connectivity index (χ4n) is 4.53. The molecule has 0 bridgehead atoms. The predicted octanol–water partition coefficient (Wildman–Crippen LogP) is 5.32. The molecule has 0 saturated carbocycles.